The molecular weight excluding hydrogens is 630 g/mol. The molecule has 0 saturated carbocycles. The van der Waals surface area contributed by atoms with Crippen LogP contribution in [0.15, 0.2) is 60.7 Å². The molecule has 10 heteroatoms. The number of halogens is 2. The summed E-state index contributed by atoms with van der Waals surface area (Å²) in [5.41, 5.74) is 1.95. The fraction of sp³-hybridized carbons (Fsp3) is 0.182. The normalized spacial score (nSPS) is 10.7. The molecule has 0 aliphatic heterocycles. The Labute approximate surface area is 213 Å². The third kappa shape index (κ3) is 6.51. The molecular formula is C22H20I2N8. The van der Waals surface area contributed by atoms with Gasteiger partial charge in [0.25, 0.3) is 0 Å². The maximum atomic E-state index is 4.54. The van der Waals surface area contributed by atoms with Gasteiger partial charge >= 0.3 is 0 Å². The molecule has 0 bridgehead atoms. The second kappa shape index (κ2) is 11.4. The Kier molecular flexibility index (Phi) is 8.09. The van der Waals surface area contributed by atoms with E-state index >= 15 is 0 Å². The van der Waals surface area contributed by atoms with Crippen LogP contribution in [0.1, 0.15) is 12.8 Å². The zero-order valence-electron chi connectivity index (χ0n) is 17.0. The average Bonchev–Trinajstić information content (AvgIpc) is 2.82. The van der Waals surface area contributed by atoms with E-state index in [9.17, 15) is 0 Å². The Bertz CT molecular complexity index is 1070. The number of hydrogen-bond donors (Lipinski definition) is 2. The van der Waals surface area contributed by atoms with Gasteiger partial charge in [-0.1, -0.05) is 60.7 Å². The lowest BCUT2D eigenvalue weighted by Gasteiger charge is -2.09. The third-order valence-electron chi connectivity index (χ3n) is 4.45. The molecule has 0 saturated heterocycles. The van der Waals surface area contributed by atoms with Gasteiger partial charge in [0, 0.05) is 69.4 Å². The molecule has 0 atom stereocenters. The first-order valence-corrected chi connectivity index (χ1v) is 12.2. The third-order valence-corrected chi connectivity index (χ3v) is 5.41. The second-order valence-electron chi connectivity index (χ2n) is 6.80. The zero-order chi connectivity index (χ0) is 22.2. The minimum atomic E-state index is 0.593. The quantitative estimate of drug-likeness (QED) is 0.195. The number of nitrogens with zero attached hydrogens (tertiary/aromatic N) is 6. The Morgan fingerprint density at radius 2 is 0.938 bits per heavy atom. The standard InChI is InChI=1S/C22H20I2N8/c23-19-27-17(15-9-3-1-4-10-15)29-21(31-19)25-13-7-8-14-26-22-30-18(28-20(24)32-22)16-11-5-2-6-12-16/h1-6,9-12H,7-8,13-14H2,(H,25,27,29,31)(H,26,28,30,32). The summed E-state index contributed by atoms with van der Waals surface area (Å²) >= 11 is 4.23. The van der Waals surface area contributed by atoms with Crippen LogP contribution in [0.5, 0.6) is 0 Å². The molecule has 0 amide bonds. The van der Waals surface area contributed by atoms with Crippen LogP contribution in [-0.4, -0.2) is 43.0 Å². The average molecular weight is 650 g/mol. The van der Waals surface area contributed by atoms with Crippen molar-refractivity contribution in [1.29, 1.82) is 0 Å². The highest BCUT2D eigenvalue weighted by Crippen LogP contribution is 2.17. The van der Waals surface area contributed by atoms with E-state index in [-0.39, 0.29) is 0 Å². The van der Waals surface area contributed by atoms with Gasteiger partial charge in [-0.05, 0) is 12.8 Å². The van der Waals surface area contributed by atoms with Crippen molar-refractivity contribution in [2.45, 2.75) is 12.8 Å². The molecule has 32 heavy (non-hydrogen) atoms. The van der Waals surface area contributed by atoms with E-state index in [1.54, 1.807) is 0 Å². The molecule has 0 aliphatic carbocycles. The molecule has 0 spiro atoms. The highest BCUT2D eigenvalue weighted by Gasteiger charge is 2.08. The van der Waals surface area contributed by atoms with E-state index in [4.69, 9.17) is 0 Å². The summed E-state index contributed by atoms with van der Waals surface area (Å²) in [4.78, 5) is 26.7. The van der Waals surface area contributed by atoms with Gasteiger partial charge in [-0.3, -0.25) is 0 Å². The predicted molar refractivity (Wildman–Crippen MR) is 142 cm³/mol. The molecule has 0 aliphatic rings. The highest BCUT2D eigenvalue weighted by molar-refractivity contribution is 14.1. The van der Waals surface area contributed by atoms with Gasteiger partial charge in [0.2, 0.25) is 11.9 Å². The SMILES string of the molecule is Ic1nc(NCCCCNc2nc(I)nc(-c3ccccc3)n2)nc(-c2ccccc2)n1. The smallest absolute Gasteiger partial charge is 0.227 e. The van der Waals surface area contributed by atoms with Crippen LogP contribution in [0.3, 0.4) is 0 Å². The molecule has 0 radical (unpaired) electrons. The summed E-state index contributed by atoms with van der Waals surface area (Å²) in [5, 5.41) is 6.59. The van der Waals surface area contributed by atoms with E-state index in [1.165, 1.54) is 0 Å². The van der Waals surface area contributed by atoms with Crippen molar-refractivity contribution in [1.82, 2.24) is 29.9 Å². The first-order chi connectivity index (χ1) is 15.7. The minimum Gasteiger partial charge on any atom is -0.354 e. The first kappa shape index (κ1) is 22.7. The number of nitrogens with one attached hydrogen (secondary N) is 2. The molecule has 2 N–H and O–H groups in total. The molecule has 0 unspecified atom stereocenters. The lowest BCUT2D eigenvalue weighted by molar-refractivity contribution is 0.782. The topological polar surface area (TPSA) is 101 Å². The molecule has 0 fully saturated rings. The van der Waals surface area contributed by atoms with Crippen LogP contribution in [-0.2, 0) is 0 Å². The van der Waals surface area contributed by atoms with E-state index in [2.05, 4.69) is 85.7 Å². The monoisotopic (exact) mass is 650 g/mol. The van der Waals surface area contributed by atoms with Crippen LogP contribution < -0.4 is 10.6 Å². The molecule has 4 aromatic rings. The number of hydrogen-bond acceptors (Lipinski definition) is 8. The van der Waals surface area contributed by atoms with Gasteiger partial charge in [0.15, 0.2) is 19.3 Å². The largest absolute Gasteiger partial charge is 0.354 e. The summed E-state index contributed by atoms with van der Waals surface area (Å²) < 4.78 is 1.33. The van der Waals surface area contributed by atoms with Crippen molar-refractivity contribution in [3.8, 4) is 22.8 Å². The van der Waals surface area contributed by atoms with Gasteiger partial charge in [-0.15, -0.1) is 0 Å². The number of anilines is 2. The van der Waals surface area contributed by atoms with Gasteiger partial charge in [-0.2, -0.15) is 19.9 Å². The summed E-state index contributed by atoms with van der Waals surface area (Å²) in [6.07, 6.45) is 1.90. The maximum absolute atomic E-state index is 4.54. The lowest BCUT2D eigenvalue weighted by atomic mass is 10.2. The number of benzene rings is 2. The van der Waals surface area contributed by atoms with Crippen molar-refractivity contribution in [3.63, 3.8) is 0 Å². The van der Waals surface area contributed by atoms with Crippen molar-refractivity contribution in [2.24, 2.45) is 0 Å². The molecule has 2 aromatic carbocycles. The highest BCUT2D eigenvalue weighted by atomic mass is 127. The van der Waals surface area contributed by atoms with Crippen LogP contribution in [0.2, 0.25) is 0 Å². The van der Waals surface area contributed by atoms with Crippen molar-refractivity contribution in [3.05, 3.63) is 68.3 Å². The zero-order valence-corrected chi connectivity index (χ0v) is 21.4. The van der Waals surface area contributed by atoms with Crippen LogP contribution in [0, 0.1) is 7.66 Å². The summed E-state index contributed by atoms with van der Waals surface area (Å²) in [6, 6.07) is 19.8. The van der Waals surface area contributed by atoms with Crippen molar-refractivity contribution < 1.29 is 0 Å². The van der Waals surface area contributed by atoms with E-state index in [1.807, 2.05) is 60.7 Å². The fourth-order valence-electron chi connectivity index (χ4n) is 2.94. The van der Waals surface area contributed by atoms with Crippen molar-refractivity contribution in [2.75, 3.05) is 23.7 Å². The Morgan fingerprint density at radius 3 is 1.34 bits per heavy atom. The van der Waals surface area contributed by atoms with Crippen molar-refractivity contribution >= 4 is 57.1 Å². The second-order valence-corrected chi connectivity index (χ2v) is 8.73. The summed E-state index contributed by atoms with van der Waals surface area (Å²) in [7, 11) is 0. The summed E-state index contributed by atoms with van der Waals surface area (Å²) in [5.74, 6) is 2.53. The van der Waals surface area contributed by atoms with Crippen LogP contribution in [0.25, 0.3) is 22.8 Å². The Balaban J connectivity index is 1.26. The number of rotatable bonds is 9. The van der Waals surface area contributed by atoms with Gasteiger partial charge in [0.1, 0.15) is 0 Å². The molecule has 162 valence electrons. The predicted octanol–water partition coefficient (Wildman–Crippen LogP) is 4.90. The number of unbranched alkanes of at least 4 members (excludes halogenated alkanes) is 1. The van der Waals surface area contributed by atoms with Crippen LogP contribution in [0.4, 0.5) is 11.9 Å². The first-order valence-electron chi connectivity index (χ1n) is 10.1. The van der Waals surface area contributed by atoms with Gasteiger partial charge < -0.3 is 10.6 Å². The van der Waals surface area contributed by atoms with Crippen LogP contribution >= 0.6 is 45.2 Å². The van der Waals surface area contributed by atoms with E-state index in [0.29, 0.717) is 31.2 Å². The lowest BCUT2D eigenvalue weighted by Crippen LogP contribution is -2.11. The molecule has 2 heterocycles. The van der Waals surface area contributed by atoms with Gasteiger partial charge in [-0.25, -0.2) is 9.97 Å². The number of aromatic nitrogens is 6. The molecule has 4 rings (SSSR count). The molecule has 2 aromatic heterocycles. The van der Waals surface area contributed by atoms with E-state index in [0.717, 1.165) is 37.1 Å². The Morgan fingerprint density at radius 1 is 0.531 bits per heavy atom. The van der Waals surface area contributed by atoms with Gasteiger partial charge in [0.05, 0.1) is 0 Å². The van der Waals surface area contributed by atoms with E-state index < -0.39 is 0 Å². The summed E-state index contributed by atoms with van der Waals surface area (Å²) in [6.45, 7) is 1.53. The maximum Gasteiger partial charge on any atom is 0.227 e. The Hall–Kier alpha value is -2.48. The molecule has 8 nitrogen and oxygen atoms in total. The minimum absolute atomic E-state index is 0.593. The fourth-order valence-corrected chi connectivity index (χ4v) is 3.86.